The molecular weight excluding hydrogens is 253 g/mol. The molecule has 102 valence electrons. The molecule has 0 spiro atoms. The summed E-state index contributed by atoms with van der Waals surface area (Å²) in [5.41, 5.74) is 3.65. The van der Waals surface area contributed by atoms with E-state index in [-0.39, 0.29) is 5.82 Å². The van der Waals surface area contributed by atoms with Crippen LogP contribution in [0.3, 0.4) is 0 Å². The fourth-order valence-corrected chi connectivity index (χ4v) is 2.29. The van der Waals surface area contributed by atoms with Gasteiger partial charge in [-0.05, 0) is 54.3 Å². The second-order valence-electron chi connectivity index (χ2n) is 5.43. The monoisotopic (exact) mass is 269 g/mol. The van der Waals surface area contributed by atoms with Crippen molar-refractivity contribution in [3.8, 4) is 11.5 Å². The maximum Gasteiger partial charge on any atom is 0.227 e. The minimum Gasteiger partial charge on any atom is -0.436 e. The zero-order valence-electron chi connectivity index (χ0n) is 11.6. The molecule has 0 aliphatic heterocycles. The van der Waals surface area contributed by atoms with Gasteiger partial charge in [0.2, 0.25) is 5.89 Å². The largest absolute Gasteiger partial charge is 0.436 e. The highest BCUT2D eigenvalue weighted by Gasteiger charge is 2.09. The Bertz CT molecular complexity index is 728. The average Bonchev–Trinajstić information content (AvgIpc) is 2.81. The lowest BCUT2D eigenvalue weighted by Gasteiger charge is -2.03. The van der Waals surface area contributed by atoms with Crippen LogP contribution in [-0.2, 0) is 6.42 Å². The van der Waals surface area contributed by atoms with Crippen LogP contribution in [0, 0.1) is 11.7 Å². The Kier molecular flexibility index (Phi) is 3.26. The van der Waals surface area contributed by atoms with Gasteiger partial charge in [0.15, 0.2) is 5.58 Å². The number of rotatable bonds is 3. The van der Waals surface area contributed by atoms with E-state index in [1.54, 1.807) is 12.1 Å². The van der Waals surface area contributed by atoms with Crippen LogP contribution in [0.4, 0.5) is 4.39 Å². The van der Waals surface area contributed by atoms with Crippen LogP contribution in [0.5, 0.6) is 0 Å². The summed E-state index contributed by atoms with van der Waals surface area (Å²) in [5.74, 6) is 0.877. The van der Waals surface area contributed by atoms with Crippen LogP contribution in [0.25, 0.3) is 22.6 Å². The lowest BCUT2D eigenvalue weighted by atomic mass is 10.0. The second-order valence-corrected chi connectivity index (χ2v) is 5.43. The molecule has 0 aliphatic rings. The molecule has 1 heterocycles. The van der Waals surface area contributed by atoms with Crippen LogP contribution in [0.1, 0.15) is 19.4 Å². The molecule has 1 aromatic heterocycles. The quantitative estimate of drug-likeness (QED) is 0.680. The zero-order valence-corrected chi connectivity index (χ0v) is 11.6. The summed E-state index contributed by atoms with van der Waals surface area (Å²) in [6.07, 6.45) is 1.02. The van der Waals surface area contributed by atoms with Gasteiger partial charge in [-0.15, -0.1) is 0 Å². The third kappa shape index (κ3) is 2.57. The van der Waals surface area contributed by atoms with Crippen molar-refractivity contribution >= 4 is 11.1 Å². The fraction of sp³-hybridized carbons (Fsp3) is 0.235. The average molecular weight is 269 g/mol. The first-order valence-corrected chi connectivity index (χ1v) is 6.77. The smallest absolute Gasteiger partial charge is 0.227 e. The Balaban J connectivity index is 1.99. The van der Waals surface area contributed by atoms with E-state index in [2.05, 4.69) is 31.0 Å². The molecule has 2 aromatic carbocycles. The van der Waals surface area contributed by atoms with E-state index in [9.17, 15) is 4.39 Å². The van der Waals surface area contributed by atoms with E-state index < -0.39 is 0 Å². The van der Waals surface area contributed by atoms with Gasteiger partial charge in [0, 0.05) is 5.56 Å². The number of oxazole rings is 1. The summed E-state index contributed by atoms with van der Waals surface area (Å²) in [5, 5.41) is 0. The third-order valence-corrected chi connectivity index (χ3v) is 3.19. The van der Waals surface area contributed by atoms with Gasteiger partial charge >= 0.3 is 0 Å². The summed E-state index contributed by atoms with van der Waals surface area (Å²) in [6, 6.07) is 12.3. The molecule has 20 heavy (non-hydrogen) atoms. The number of aromatic nitrogens is 1. The number of fused-ring (bicyclic) bond motifs is 1. The molecule has 0 radical (unpaired) electrons. The van der Waals surface area contributed by atoms with E-state index in [0.29, 0.717) is 11.8 Å². The predicted molar refractivity (Wildman–Crippen MR) is 77.9 cm³/mol. The lowest BCUT2D eigenvalue weighted by Crippen LogP contribution is -1.93. The highest BCUT2D eigenvalue weighted by molar-refractivity contribution is 5.76. The van der Waals surface area contributed by atoms with Gasteiger partial charge < -0.3 is 4.42 Å². The van der Waals surface area contributed by atoms with Crippen molar-refractivity contribution in [2.75, 3.05) is 0 Å². The first-order chi connectivity index (χ1) is 9.61. The van der Waals surface area contributed by atoms with E-state index in [0.717, 1.165) is 23.1 Å². The Morgan fingerprint density at radius 2 is 1.85 bits per heavy atom. The zero-order chi connectivity index (χ0) is 14.1. The van der Waals surface area contributed by atoms with Gasteiger partial charge in [-0.3, -0.25) is 0 Å². The van der Waals surface area contributed by atoms with Crippen molar-refractivity contribution in [3.63, 3.8) is 0 Å². The molecule has 0 atom stereocenters. The Labute approximate surface area is 117 Å². The predicted octanol–water partition coefficient (Wildman–Crippen LogP) is 4.83. The SMILES string of the molecule is CC(C)Cc1ccc2oc(-c3ccc(F)cc3)nc2c1. The van der Waals surface area contributed by atoms with Crippen molar-refractivity contribution in [3.05, 3.63) is 53.8 Å². The molecular formula is C17H16FNO. The lowest BCUT2D eigenvalue weighted by molar-refractivity contribution is 0.615. The van der Waals surface area contributed by atoms with Gasteiger partial charge in [-0.1, -0.05) is 19.9 Å². The minimum atomic E-state index is -0.260. The highest BCUT2D eigenvalue weighted by atomic mass is 19.1. The molecule has 3 rings (SSSR count). The highest BCUT2D eigenvalue weighted by Crippen LogP contribution is 2.25. The summed E-state index contributed by atoms with van der Waals surface area (Å²) < 4.78 is 18.7. The summed E-state index contributed by atoms with van der Waals surface area (Å²) in [7, 11) is 0. The summed E-state index contributed by atoms with van der Waals surface area (Å²) in [6.45, 7) is 4.38. The van der Waals surface area contributed by atoms with Gasteiger partial charge in [0.05, 0.1) is 0 Å². The first-order valence-electron chi connectivity index (χ1n) is 6.77. The van der Waals surface area contributed by atoms with Crippen LogP contribution in [0.2, 0.25) is 0 Å². The van der Waals surface area contributed by atoms with Crippen LogP contribution in [-0.4, -0.2) is 4.98 Å². The van der Waals surface area contributed by atoms with Crippen LogP contribution < -0.4 is 0 Å². The van der Waals surface area contributed by atoms with Gasteiger partial charge in [-0.2, -0.15) is 0 Å². The molecule has 3 aromatic rings. The molecule has 0 aliphatic carbocycles. The van der Waals surface area contributed by atoms with Crippen molar-refractivity contribution in [1.82, 2.24) is 4.98 Å². The van der Waals surface area contributed by atoms with Crippen molar-refractivity contribution in [1.29, 1.82) is 0 Å². The standard InChI is InChI=1S/C17H16FNO/c1-11(2)9-12-3-8-16-15(10-12)19-17(20-16)13-4-6-14(18)7-5-13/h3-8,10-11H,9H2,1-2H3. The molecule has 0 unspecified atom stereocenters. The fourth-order valence-electron chi connectivity index (χ4n) is 2.29. The Morgan fingerprint density at radius 3 is 2.55 bits per heavy atom. The Morgan fingerprint density at radius 1 is 1.10 bits per heavy atom. The maximum atomic E-state index is 12.9. The normalized spacial score (nSPS) is 11.4. The van der Waals surface area contributed by atoms with Crippen molar-refractivity contribution in [2.24, 2.45) is 5.92 Å². The number of nitrogens with zero attached hydrogens (tertiary/aromatic N) is 1. The number of benzene rings is 2. The van der Waals surface area contributed by atoms with Gasteiger partial charge in [-0.25, -0.2) is 9.37 Å². The molecule has 0 fully saturated rings. The van der Waals surface area contributed by atoms with E-state index in [1.807, 2.05) is 6.07 Å². The van der Waals surface area contributed by atoms with E-state index in [4.69, 9.17) is 4.42 Å². The van der Waals surface area contributed by atoms with Crippen LogP contribution in [0.15, 0.2) is 46.9 Å². The number of hydrogen-bond acceptors (Lipinski definition) is 2. The maximum absolute atomic E-state index is 12.9. The molecule has 0 bridgehead atoms. The number of hydrogen-bond donors (Lipinski definition) is 0. The molecule has 0 saturated carbocycles. The minimum absolute atomic E-state index is 0.260. The molecule has 0 N–H and O–H groups in total. The molecule has 0 saturated heterocycles. The van der Waals surface area contributed by atoms with E-state index >= 15 is 0 Å². The van der Waals surface area contributed by atoms with E-state index in [1.165, 1.54) is 17.7 Å². The third-order valence-electron chi connectivity index (χ3n) is 3.19. The van der Waals surface area contributed by atoms with Crippen molar-refractivity contribution < 1.29 is 8.81 Å². The van der Waals surface area contributed by atoms with Crippen molar-refractivity contribution in [2.45, 2.75) is 20.3 Å². The van der Waals surface area contributed by atoms with Crippen LogP contribution >= 0.6 is 0 Å². The topological polar surface area (TPSA) is 26.0 Å². The van der Waals surface area contributed by atoms with Gasteiger partial charge in [0.1, 0.15) is 11.3 Å². The molecule has 3 heteroatoms. The summed E-state index contributed by atoms with van der Waals surface area (Å²) in [4.78, 5) is 4.49. The Hall–Kier alpha value is -2.16. The first kappa shape index (κ1) is 12.9. The molecule has 2 nitrogen and oxygen atoms in total. The summed E-state index contributed by atoms with van der Waals surface area (Å²) >= 11 is 0. The molecule has 0 amide bonds. The van der Waals surface area contributed by atoms with Gasteiger partial charge in [0.25, 0.3) is 0 Å². The number of halogens is 1. The second kappa shape index (κ2) is 5.08.